The van der Waals surface area contributed by atoms with Crippen LogP contribution < -0.4 is 0 Å². The predicted octanol–water partition coefficient (Wildman–Crippen LogP) is 5.23. The Morgan fingerprint density at radius 3 is 2.32 bits per heavy atom. The highest BCUT2D eigenvalue weighted by molar-refractivity contribution is 6.10. The summed E-state index contributed by atoms with van der Waals surface area (Å²) in [6, 6.07) is 24.3. The van der Waals surface area contributed by atoms with Crippen molar-refractivity contribution < 1.29 is 9.53 Å². The third kappa shape index (κ3) is 2.84. The Bertz CT molecular complexity index is 1180. The Labute approximate surface area is 162 Å². The number of hydrogen-bond acceptors (Lipinski definition) is 3. The van der Waals surface area contributed by atoms with E-state index in [1.807, 2.05) is 66.7 Å². The van der Waals surface area contributed by atoms with Gasteiger partial charge in [0.25, 0.3) is 5.70 Å². The molecule has 0 aromatic heterocycles. The van der Waals surface area contributed by atoms with Crippen LogP contribution >= 0.6 is 0 Å². The van der Waals surface area contributed by atoms with Gasteiger partial charge in [0.15, 0.2) is 0 Å². The molecule has 132 valence electrons. The number of ether oxygens (including phenoxy) is 1. The molecule has 4 nitrogen and oxygen atoms in total. The minimum absolute atomic E-state index is 0.0148. The van der Waals surface area contributed by atoms with Crippen molar-refractivity contribution in [1.82, 2.24) is 0 Å². The fraction of sp³-hybridized carbons (Fsp3) is 0.0417. The summed E-state index contributed by atoms with van der Waals surface area (Å²) in [7, 11) is 0. The van der Waals surface area contributed by atoms with Crippen LogP contribution in [0.25, 0.3) is 21.5 Å². The number of nitrogens with zero attached hydrogens (tertiary/aromatic N) is 2. The number of fused-ring (bicyclic) bond motifs is 3. The van der Waals surface area contributed by atoms with Gasteiger partial charge in [-0.05, 0) is 28.3 Å². The highest BCUT2D eigenvalue weighted by Crippen LogP contribution is 2.47. The second kappa shape index (κ2) is 7.23. The fourth-order valence-corrected chi connectivity index (χ4v) is 3.48. The molecule has 0 N–H and O–H groups in total. The summed E-state index contributed by atoms with van der Waals surface area (Å²) in [5.74, 6) is -0.432. The first-order valence-electron chi connectivity index (χ1n) is 8.70. The molecule has 28 heavy (non-hydrogen) atoms. The average molecular weight is 362 g/mol. The molecule has 0 bridgehead atoms. The van der Waals surface area contributed by atoms with Crippen LogP contribution in [-0.2, 0) is 11.3 Å². The van der Waals surface area contributed by atoms with E-state index in [1.54, 1.807) is 12.1 Å². The van der Waals surface area contributed by atoms with Gasteiger partial charge in [-0.15, -0.1) is 0 Å². The Hall–Kier alpha value is -4.15. The van der Waals surface area contributed by atoms with Crippen molar-refractivity contribution in [2.45, 2.75) is 6.61 Å². The maximum absolute atomic E-state index is 12.8. The van der Waals surface area contributed by atoms with Crippen LogP contribution in [0.15, 0.2) is 78.5 Å². The highest BCUT2D eigenvalue weighted by Gasteiger charge is 2.30. The predicted molar refractivity (Wildman–Crippen MR) is 106 cm³/mol. The lowest BCUT2D eigenvalue weighted by Gasteiger charge is -2.10. The second-order valence-electron chi connectivity index (χ2n) is 6.28. The number of esters is 1. The Morgan fingerprint density at radius 1 is 0.929 bits per heavy atom. The molecule has 0 fully saturated rings. The van der Waals surface area contributed by atoms with E-state index in [0.29, 0.717) is 22.3 Å². The van der Waals surface area contributed by atoms with Crippen molar-refractivity contribution in [3.05, 3.63) is 112 Å². The molecule has 4 rings (SSSR count). The molecule has 0 saturated heterocycles. The van der Waals surface area contributed by atoms with Crippen LogP contribution in [0.5, 0.6) is 0 Å². The van der Waals surface area contributed by atoms with Gasteiger partial charge >= 0.3 is 5.97 Å². The first-order chi connectivity index (χ1) is 13.7. The lowest BCUT2D eigenvalue weighted by atomic mass is 9.99. The smallest absolute Gasteiger partial charge is 0.339 e. The molecule has 0 unspecified atom stereocenters. The van der Waals surface area contributed by atoms with Crippen molar-refractivity contribution >= 4 is 11.5 Å². The molecular weight excluding hydrogens is 348 g/mol. The highest BCUT2D eigenvalue weighted by atomic mass is 16.5. The lowest BCUT2D eigenvalue weighted by molar-refractivity contribution is 0.0473. The van der Waals surface area contributed by atoms with Gasteiger partial charge in [0, 0.05) is 11.1 Å². The zero-order valence-corrected chi connectivity index (χ0v) is 14.8. The fourth-order valence-electron chi connectivity index (χ4n) is 3.48. The zero-order valence-electron chi connectivity index (χ0n) is 14.8. The van der Waals surface area contributed by atoms with Crippen molar-refractivity contribution in [1.29, 1.82) is 5.26 Å². The number of benzene rings is 3. The summed E-state index contributed by atoms with van der Waals surface area (Å²) in [6.45, 7) is 7.54. The molecule has 0 saturated carbocycles. The first kappa shape index (κ1) is 17.3. The number of carbonyl (C=O) groups is 1. The van der Waals surface area contributed by atoms with E-state index < -0.39 is 5.97 Å². The monoisotopic (exact) mass is 362 g/mol. The summed E-state index contributed by atoms with van der Waals surface area (Å²) < 4.78 is 5.52. The van der Waals surface area contributed by atoms with Gasteiger partial charge in [-0.25, -0.2) is 14.9 Å². The van der Waals surface area contributed by atoms with Crippen LogP contribution in [-0.4, -0.2) is 5.97 Å². The number of rotatable bonds is 3. The largest absolute Gasteiger partial charge is 0.457 e. The third-order valence-corrected chi connectivity index (χ3v) is 4.69. The molecule has 0 aliphatic heterocycles. The van der Waals surface area contributed by atoms with Crippen molar-refractivity contribution in [3.8, 4) is 17.2 Å². The molecular formula is C24H14N2O2. The third-order valence-electron chi connectivity index (χ3n) is 4.69. The molecule has 0 atom stereocenters. The van der Waals surface area contributed by atoms with Crippen LogP contribution in [0, 0.1) is 17.9 Å². The van der Waals surface area contributed by atoms with Gasteiger partial charge < -0.3 is 4.74 Å². The quantitative estimate of drug-likeness (QED) is 0.285. The van der Waals surface area contributed by atoms with Gasteiger partial charge in [-0.3, -0.25) is 0 Å². The van der Waals surface area contributed by atoms with Gasteiger partial charge in [0.05, 0.1) is 18.2 Å². The summed E-state index contributed by atoms with van der Waals surface area (Å²) in [5.41, 5.74) is 4.96. The molecule has 3 aromatic rings. The normalized spacial score (nSPS) is 12.9. The minimum Gasteiger partial charge on any atom is -0.457 e. The van der Waals surface area contributed by atoms with Crippen molar-refractivity contribution in [2.75, 3.05) is 0 Å². The lowest BCUT2D eigenvalue weighted by Crippen LogP contribution is -2.07. The van der Waals surface area contributed by atoms with E-state index in [-0.39, 0.29) is 12.3 Å². The summed E-state index contributed by atoms with van der Waals surface area (Å²) in [5, 5.41) is 9.41. The average Bonchev–Trinajstić information content (AvgIpc) is 3.08. The Kier molecular flexibility index (Phi) is 4.46. The molecule has 0 heterocycles. The topological polar surface area (TPSA) is 54.5 Å². The first-order valence-corrected chi connectivity index (χ1v) is 8.70. The van der Waals surface area contributed by atoms with Crippen LogP contribution in [0.3, 0.4) is 0 Å². The number of hydrogen-bond donors (Lipinski definition) is 0. The van der Waals surface area contributed by atoms with E-state index >= 15 is 0 Å². The molecule has 1 aliphatic carbocycles. The van der Waals surface area contributed by atoms with Crippen molar-refractivity contribution in [2.24, 2.45) is 0 Å². The summed E-state index contributed by atoms with van der Waals surface area (Å²) >= 11 is 0. The van der Waals surface area contributed by atoms with Crippen LogP contribution in [0.4, 0.5) is 0 Å². The van der Waals surface area contributed by atoms with E-state index in [4.69, 9.17) is 11.3 Å². The van der Waals surface area contributed by atoms with Crippen molar-refractivity contribution in [3.63, 3.8) is 0 Å². The van der Waals surface area contributed by atoms with E-state index in [0.717, 1.165) is 16.7 Å². The molecule has 4 heteroatoms. The van der Waals surface area contributed by atoms with E-state index in [1.165, 1.54) is 0 Å². The number of nitriles is 1. The molecule has 3 aromatic carbocycles. The Balaban J connectivity index is 1.81. The molecule has 0 radical (unpaired) electrons. The van der Waals surface area contributed by atoms with Crippen LogP contribution in [0.1, 0.15) is 27.0 Å². The summed E-state index contributed by atoms with van der Waals surface area (Å²) in [6.07, 6.45) is 0. The van der Waals surface area contributed by atoms with Crippen LogP contribution in [0.2, 0.25) is 0 Å². The van der Waals surface area contributed by atoms with Gasteiger partial charge in [-0.2, -0.15) is 0 Å². The van der Waals surface area contributed by atoms with Gasteiger partial charge in [0.1, 0.15) is 6.61 Å². The zero-order chi connectivity index (χ0) is 19.5. The van der Waals surface area contributed by atoms with Gasteiger partial charge in [0.2, 0.25) is 0 Å². The standard InChI is InChI=1S/C24H14N2O2/c1-26-21(14-25)23-18-11-6-5-10-17(18)22-19(23)12-7-13-20(22)24(27)28-15-16-8-3-2-4-9-16/h2-13H,15H2. The second-order valence-corrected chi connectivity index (χ2v) is 6.28. The number of carbonyl (C=O) groups excluding carboxylic acids is 1. The summed E-state index contributed by atoms with van der Waals surface area (Å²) in [4.78, 5) is 16.2. The van der Waals surface area contributed by atoms with E-state index in [9.17, 15) is 10.1 Å². The molecule has 0 amide bonds. The Morgan fingerprint density at radius 2 is 1.61 bits per heavy atom. The minimum atomic E-state index is -0.432. The maximum atomic E-state index is 12.8. The molecule has 1 aliphatic rings. The number of allylic oxidation sites excluding steroid dienone is 1. The molecule has 0 spiro atoms. The maximum Gasteiger partial charge on any atom is 0.339 e. The van der Waals surface area contributed by atoms with Gasteiger partial charge in [-0.1, -0.05) is 66.7 Å². The van der Waals surface area contributed by atoms with E-state index in [2.05, 4.69) is 4.85 Å². The SMILES string of the molecule is [C-]#[N+]C(C#N)=C1c2ccccc2-c2c(C(=O)OCc3ccccc3)cccc21.